The van der Waals surface area contributed by atoms with E-state index >= 15 is 0 Å². The molecule has 1 aromatic carbocycles. The summed E-state index contributed by atoms with van der Waals surface area (Å²) in [7, 11) is 0. The molecule has 2 rings (SSSR count). The zero-order chi connectivity index (χ0) is 9.26. The zero-order valence-corrected chi connectivity index (χ0v) is 6.96. The third-order valence-corrected chi connectivity index (χ3v) is 1.71. The molecular formula is C10H8FNO. The molecule has 0 saturated carbocycles. The number of oxazole rings is 1. The van der Waals surface area contributed by atoms with E-state index in [0.29, 0.717) is 23.4 Å². The maximum Gasteiger partial charge on any atom is 0.199 e. The molecule has 0 amide bonds. The Morgan fingerprint density at radius 2 is 2.38 bits per heavy atom. The quantitative estimate of drug-likeness (QED) is 0.659. The molecule has 0 atom stereocenters. The highest BCUT2D eigenvalue weighted by Gasteiger charge is 2.04. The van der Waals surface area contributed by atoms with E-state index in [2.05, 4.69) is 11.6 Å². The van der Waals surface area contributed by atoms with Gasteiger partial charge in [0.1, 0.15) is 11.3 Å². The number of hydrogen-bond acceptors (Lipinski definition) is 2. The van der Waals surface area contributed by atoms with Crippen molar-refractivity contribution < 1.29 is 8.81 Å². The molecule has 2 aromatic rings. The van der Waals surface area contributed by atoms with Gasteiger partial charge < -0.3 is 4.42 Å². The van der Waals surface area contributed by atoms with Crippen LogP contribution in [0.25, 0.3) is 11.1 Å². The highest BCUT2D eigenvalue weighted by molar-refractivity contribution is 5.72. The van der Waals surface area contributed by atoms with Crippen molar-refractivity contribution in [3.63, 3.8) is 0 Å². The second-order valence-electron chi connectivity index (χ2n) is 2.71. The van der Waals surface area contributed by atoms with Gasteiger partial charge in [-0.2, -0.15) is 0 Å². The van der Waals surface area contributed by atoms with E-state index in [9.17, 15) is 4.39 Å². The second kappa shape index (κ2) is 3.01. The summed E-state index contributed by atoms with van der Waals surface area (Å²) in [6.45, 7) is 3.57. The van der Waals surface area contributed by atoms with Crippen molar-refractivity contribution in [2.75, 3.05) is 0 Å². The van der Waals surface area contributed by atoms with Crippen LogP contribution in [0.1, 0.15) is 5.89 Å². The average molecular weight is 177 g/mol. The van der Waals surface area contributed by atoms with Crippen molar-refractivity contribution in [2.45, 2.75) is 6.42 Å². The smallest absolute Gasteiger partial charge is 0.199 e. The Kier molecular flexibility index (Phi) is 1.85. The van der Waals surface area contributed by atoms with Gasteiger partial charge in [0.2, 0.25) is 0 Å². The number of rotatable bonds is 2. The van der Waals surface area contributed by atoms with Crippen molar-refractivity contribution in [3.8, 4) is 0 Å². The standard InChI is InChI=1S/C10H8FNO/c1-2-3-10-12-8-6-7(11)4-5-9(8)13-10/h2,4-6H,1,3H2. The first-order valence-electron chi connectivity index (χ1n) is 3.95. The summed E-state index contributed by atoms with van der Waals surface area (Å²) in [6.07, 6.45) is 2.26. The molecule has 1 heterocycles. The first-order valence-corrected chi connectivity index (χ1v) is 3.95. The van der Waals surface area contributed by atoms with Crippen LogP contribution in [0.15, 0.2) is 35.3 Å². The predicted molar refractivity (Wildman–Crippen MR) is 47.9 cm³/mol. The Hall–Kier alpha value is -1.64. The van der Waals surface area contributed by atoms with Crippen LogP contribution in [0.4, 0.5) is 4.39 Å². The fraction of sp³-hybridized carbons (Fsp3) is 0.100. The molecule has 0 aliphatic rings. The summed E-state index contributed by atoms with van der Waals surface area (Å²) in [6, 6.07) is 4.28. The molecule has 0 spiro atoms. The fourth-order valence-corrected chi connectivity index (χ4v) is 1.16. The molecule has 3 heteroatoms. The van der Waals surface area contributed by atoms with Gasteiger partial charge in [0, 0.05) is 12.5 Å². The lowest BCUT2D eigenvalue weighted by Gasteiger charge is -1.84. The predicted octanol–water partition coefficient (Wildman–Crippen LogP) is 2.70. The minimum atomic E-state index is -0.300. The topological polar surface area (TPSA) is 26.0 Å². The summed E-state index contributed by atoms with van der Waals surface area (Å²) in [5, 5.41) is 0. The fourth-order valence-electron chi connectivity index (χ4n) is 1.16. The molecule has 0 saturated heterocycles. The normalized spacial score (nSPS) is 10.5. The van der Waals surface area contributed by atoms with Crippen molar-refractivity contribution in [3.05, 3.63) is 42.6 Å². The number of fused-ring (bicyclic) bond motifs is 1. The van der Waals surface area contributed by atoms with E-state index in [1.54, 1.807) is 12.1 Å². The van der Waals surface area contributed by atoms with Crippen molar-refractivity contribution in [1.82, 2.24) is 4.98 Å². The minimum absolute atomic E-state index is 0.300. The van der Waals surface area contributed by atoms with Crippen LogP contribution >= 0.6 is 0 Å². The van der Waals surface area contributed by atoms with Gasteiger partial charge in [-0.1, -0.05) is 6.08 Å². The molecule has 0 radical (unpaired) electrons. The Bertz CT molecular complexity index is 447. The van der Waals surface area contributed by atoms with E-state index in [4.69, 9.17) is 4.42 Å². The summed E-state index contributed by atoms with van der Waals surface area (Å²) < 4.78 is 18.0. The molecule has 13 heavy (non-hydrogen) atoms. The van der Waals surface area contributed by atoms with Gasteiger partial charge in [0.05, 0.1) is 0 Å². The molecule has 0 N–H and O–H groups in total. The summed E-state index contributed by atoms with van der Waals surface area (Å²) in [4.78, 5) is 4.09. The molecule has 66 valence electrons. The van der Waals surface area contributed by atoms with Crippen molar-refractivity contribution in [2.24, 2.45) is 0 Å². The van der Waals surface area contributed by atoms with Gasteiger partial charge in [-0.25, -0.2) is 9.37 Å². The summed E-state index contributed by atoms with van der Waals surface area (Å²) >= 11 is 0. The van der Waals surface area contributed by atoms with Gasteiger partial charge >= 0.3 is 0 Å². The van der Waals surface area contributed by atoms with Gasteiger partial charge in [0.25, 0.3) is 0 Å². The SMILES string of the molecule is C=CCc1nc2cc(F)ccc2o1. The molecule has 0 aliphatic carbocycles. The number of halogens is 1. The lowest BCUT2D eigenvalue weighted by molar-refractivity contribution is 0.546. The van der Waals surface area contributed by atoms with Crippen molar-refractivity contribution >= 4 is 11.1 Å². The maximum absolute atomic E-state index is 12.7. The minimum Gasteiger partial charge on any atom is -0.440 e. The highest BCUT2D eigenvalue weighted by Crippen LogP contribution is 2.16. The van der Waals surface area contributed by atoms with Crippen molar-refractivity contribution in [1.29, 1.82) is 0 Å². The molecule has 0 fully saturated rings. The molecule has 0 bridgehead atoms. The molecule has 1 aromatic heterocycles. The number of aromatic nitrogens is 1. The third-order valence-electron chi connectivity index (χ3n) is 1.71. The zero-order valence-electron chi connectivity index (χ0n) is 6.96. The van der Waals surface area contributed by atoms with E-state index in [0.717, 1.165) is 0 Å². The number of hydrogen-bond donors (Lipinski definition) is 0. The Morgan fingerprint density at radius 3 is 3.15 bits per heavy atom. The molecular weight excluding hydrogens is 169 g/mol. The molecule has 0 unspecified atom stereocenters. The first-order chi connectivity index (χ1) is 6.29. The Labute approximate surface area is 74.7 Å². The number of allylic oxidation sites excluding steroid dienone is 1. The van der Waals surface area contributed by atoms with E-state index in [-0.39, 0.29) is 5.82 Å². The lowest BCUT2D eigenvalue weighted by Crippen LogP contribution is -1.77. The van der Waals surface area contributed by atoms with Crippen LogP contribution < -0.4 is 0 Å². The van der Waals surface area contributed by atoms with Gasteiger partial charge in [-0.05, 0) is 12.1 Å². The largest absolute Gasteiger partial charge is 0.440 e. The molecule has 0 aliphatic heterocycles. The number of benzene rings is 1. The van der Waals surface area contributed by atoms with E-state index in [1.165, 1.54) is 12.1 Å². The lowest BCUT2D eigenvalue weighted by atomic mass is 10.3. The third kappa shape index (κ3) is 1.45. The first kappa shape index (κ1) is 7.98. The average Bonchev–Trinajstić information content (AvgIpc) is 2.46. The highest BCUT2D eigenvalue weighted by atomic mass is 19.1. The van der Waals surface area contributed by atoms with Gasteiger partial charge in [-0.15, -0.1) is 6.58 Å². The van der Waals surface area contributed by atoms with E-state index < -0.39 is 0 Å². The monoisotopic (exact) mass is 177 g/mol. The van der Waals surface area contributed by atoms with Crippen LogP contribution in [0.3, 0.4) is 0 Å². The van der Waals surface area contributed by atoms with Crippen LogP contribution in [0.5, 0.6) is 0 Å². The van der Waals surface area contributed by atoms with E-state index in [1.807, 2.05) is 0 Å². The Balaban J connectivity index is 2.55. The van der Waals surface area contributed by atoms with Crippen LogP contribution in [0, 0.1) is 5.82 Å². The summed E-state index contributed by atoms with van der Waals surface area (Å²) in [5.74, 6) is 0.265. The number of nitrogens with zero attached hydrogens (tertiary/aromatic N) is 1. The molecule has 2 nitrogen and oxygen atoms in total. The van der Waals surface area contributed by atoms with Gasteiger partial charge in [0.15, 0.2) is 11.5 Å². The maximum atomic E-state index is 12.7. The van der Waals surface area contributed by atoms with Gasteiger partial charge in [-0.3, -0.25) is 0 Å². The Morgan fingerprint density at radius 1 is 1.54 bits per heavy atom. The van der Waals surface area contributed by atoms with Crippen LogP contribution in [0.2, 0.25) is 0 Å². The summed E-state index contributed by atoms with van der Waals surface area (Å²) in [5.41, 5.74) is 1.16. The van der Waals surface area contributed by atoms with Crippen LogP contribution in [-0.2, 0) is 6.42 Å². The van der Waals surface area contributed by atoms with Crippen LogP contribution in [-0.4, -0.2) is 4.98 Å². The second-order valence-corrected chi connectivity index (χ2v) is 2.71.